The normalized spacial score (nSPS) is 11.8. The highest BCUT2D eigenvalue weighted by Crippen LogP contribution is 2.33. The van der Waals surface area contributed by atoms with Crippen molar-refractivity contribution in [2.75, 3.05) is 5.32 Å². The number of aromatic nitrogens is 1. The fraction of sp³-hybridized carbons (Fsp3) is 0.158. The van der Waals surface area contributed by atoms with Crippen molar-refractivity contribution in [2.45, 2.75) is 20.0 Å². The summed E-state index contributed by atoms with van der Waals surface area (Å²) in [7, 11) is 0. The van der Waals surface area contributed by atoms with Crippen molar-refractivity contribution in [3.63, 3.8) is 0 Å². The molecule has 26 heavy (non-hydrogen) atoms. The molecule has 1 N–H and O–H groups in total. The second kappa shape index (κ2) is 7.70. The number of halogens is 2. The van der Waals surface area contributed by atoms with Crippen molar-refractivity contribution in [3.05, 3.63) is 70.1 Å². The summed E-state index contributed by atoms with van der Waals surface area (Å²) >= 11 is 3.10. The molecule has 2 aromatic carbocycles. The van der Waals surface area contributed by atoms with Crippen LogP contribution in [0.5, 0.6) is 0 Å². The minimum absolute atomic E-state index is 0.262. The van der Waals surface area contributed by atoms with Gasteiger partial charge in [-0.05, 0) is 53.5 Å². The molecule has 1 aromatic heterocycles. The summed E-state index contributed by atoms with van der Waals surface area (Å²) in [4.78, 5) is 12.3. The van der Waals surface area contributed by atoms with Crippen molar-refractivity contribution in [1.29, 1.82) is 0 Å². The van der Waals surface area contributed by atoms with Gasteiger partial charge in [0.2, 0.25) is 0 Å². The number of amides is 1. The molecule has 7 heteroatoms. The summed E-state index contributed by atoms with van der Waals surface area (Å²) in [5.74, 6) is -0.180. The predicted octanol–water partition coefficient (Wildman–Crippen LogP) is 5.86. The summed E-state index contributed by atoms with van der Waals surface area (Å²) < 4.78 is 24.8. The van der Waals surface area contributed by atoms with Crippen LogP contribution in [0.25, 0.3) is 11.3 Å². The number of nitrogens with one attached hydrogen (secondary N) is 1. The highest BCUT2D eigenvalue weighted by molar-refractivity contribution is 9.10. The van der Waals surface area contributed by atoms with Crippen LogP contribution >= 0.6 is 15.9 Å². The molecule has 0 bridgehead atoms. The maximum Gasteiger partial charge on any atom is 0.412 e. The van der Waals surface area contributed by atoms with E-state index in [1.807, 2.05) is 30.3 Å². The van der Waals surface area contributed by atoms with E-state index in [0.717, 1.165) is 5.56 Å². The molecule has 5 nitrogen and oxygen atoms in total. The standard InChI is InChI=1S/C19H16BrFN2O3/c1-11-17(18(26-23-11)14-8-9-15(20)16(21)10-14)22-19(24)25-12(2)13-6-4-3-5-7-13/h3-10,12H,1-2H3,(H,22,24). The Bertz CT molecular complexity index is 928. The molecule has 1 atom stereocenters. The van der Waals surface area contributed by atoms with Crippen molar-refractivity contribution in [3.8, 4) is 11.3 Å². The average molecular weight is 419 g/mol. The SMILES string of the molecule is Cc1noc(-c2ccc(Br)c(F)c2)c1NC(=O)OC(C)c1ccccc1. The van der Waals surface area contributed by atoms with Gasteiger partial charge in [0.15, 0.2) is 5.76 Å². The zero-order valence-electron chi connectivity index (χ0n) is 14.1. The molecule has 1 heterocycles. The Morgan fingerprint density at radius 3 is 2.69 bits per heavy atom. The molecule has 1 unspecified atom stereocenters. The van der Waals surface area contributed by atoms with Gasteiger partial charge in [0.25, 0.3) is 0 Å². The molecule has 0 aliphatic heterocycles. The first kappa shape index (κ1) is 18.1. The summed E-state index contributed by atoms with van der Waals surface area (Å²) in [6, 6.07) is 13.9. The number of hydrogen-bond donors (Lipinski definition) is 1. The predicted molar refractivity (Wildman–Crippen MR) is 99.3 cm³/mol. The summed E-state index contributed by atoms with van der Waals surface area (Å²) in [5.41, 5.74) is 2.14. The molecule has 0 saturated carbocycles. The van der Waals surface area contributed by atoms with Crippen LogP contribution in [0.2, 0.25) is 0 Å². The van der Waals surface area contributed by atoms with Gasteiger partial charge in [0.1, 0.15) is 23.3 Å². The summed E-state index contributed by atoms with van der Waals surface area (Å²) in [5, 5.41) is 6.50. The van der Waals surface area contributed by atoms with Gasteiger partial charge in [0, 0.05) is 5.56 Å². The lowest BCUT2D eigenvalue weighted by molar-refractivity contribution is 0.121. The minimum Gasteiger partial charge on any atom is -0.441 e. The molecule has 0 radical (unpaired) electrons. The Hall–Kier alpha value is -2.67. The molecule has 134 valence electrons. The van der Waals surface area contributed by atoms with Crippen LogP contribution in [0.3, 0.4) is 0 Å². The largest absolute Gasteiger partial charge is 0.441 e. The van der Waals surface area contributed by atoms with Gasteiger partial charge < -0.3 is 9.26 Å². The van der Waals surface area contributed by atoms with Gasteiger partial charge in [-0.25, -0.2) is 9.18 Å². The van der Waals surface area contributed by atoms with Crippen LogP contribution in [0, 0.1) is 12.7 Å². The number of aryl methyl sites for hydroxylation is 1. The highest BCUT2D eigenvalue weighted by atomic mass is 79.9. The van der Waals surface area contributed by atoms with Crippen LogP contribution in [0.1, 0.15) is 24.3 Å². The molecule has 3 rings (SSSR count). The van der Waals surface area contributed by atoms with E-state index in [1.165, 1.54) is 6.07 Å². The van der Waals surface area contributed by atoms with Crippen molar-refractivity contribution >= 4 is 27.7 Å². The Labute approximate surface area is 158 Å². The van der Waals surface area contributed by atoms with E-state index in [2.05, 4.69) is 26.4 Å². The van der Waals surface area contributed by atoms with Gasteiger partial charge in [-0.2, -0.15) is 0 Å². The molecule has 0 aliphatic rings. The second-order valence-corrected chi connectivity index (χ2v) is 6.54. The molecule has 0 fully saturated rings. The van der Waals surface area contributed by atoms with Gasteiger partial charge in [-0.15, -0.1) is 0 Å². The van der Waals surface area contributed by atoms with Crippen LogP contribution in [-0.2, 0) is 4.74 Å². The lowest BCUT2D eigenvalue weighted by Gasteiger charge is -2.14. The molecular formula is C19H16BrFN2O3. The molecule has 0 spiro atoms. The topological polar surface area (TPSA) is 64.4 Å². The van der Waals surface area contributed by atoms with E-state index in [1.54, 1.807) is 26.0 Å². The number of carbonyl (C=O) groups excluding carboxylic acids is 1. The number of anilines is 1. The number of nitrogens with zero attached hydrogens (tertiary/aromatic N) is 1. The van der Waals surface area contributed by atoms with E-state index in [-0.39, 0.29) is 5.76 Å². The molecule has 0 aliphatic carbocycles. The Balaban J connectivity index is 1.78. The molecule has 3 aromatic rings. The Kier molecular flexibility index (Phi) is 5.37. The third kappa shape index (κ3) is 3.94. The van der Waals surface area contributed by atoms with Gasteiger partial charge in [0.05, 0.1) is 4.47 Å². The van der Waals surface area contributed by atoms with E-state index in [9.17, 15) is 9.18 Å². The van der Waals surface area contributed by atoms with Gasteiger partial charge in [-0.3, -0.25) is 5.32 Å². The van der Waals surface area contributed by atoms with E-state index in [4.69, 9.17) is 9.26 Å². The lowest BCUT2D eigenvalue weighted by atomic mass is 10.1. The summed E-state index contributed by atoms with van der Waals surface area (Å²) in [6.45, 7) is 3.46. The summed E-state index contributed by atoms with van der Waals surface area (Å²) in [6.07, 6.45) is -1.07. The van der Waals surface area contributed by atoms with E-state index >= 15 is 0 Å². The third-order valence-corrected chi connectivity index (χ3v) is 4.47. The zero-order chi connectivity index (χ0) is 18.7. The monoisotopic (exact) mass is 418 g/mol. The maximum absolute atomic E-state index is 13.8. The first-order chi connectivity index (χ1) is 12.5. The lowest BCUT2D eigenvalue weighted by Crippen LogP contribution is -2.16. The number of ether oxygens (including phenoxy) is 1. The van der Waals surface area contributed by atoms with E-state index < -0.39 is 18.0 Å². The minimum atomic E-state index is -0.647. The molecular weight excluding hydrogens is 403 g/mol. The van der Waals surface area contributed by atoms with Crippen LogP contribution in [-0.4, -0.2) is 11.2 Å². The van der Waals surface area contributed by atoms with Crippen molar-refractivity contribution in [2.24, 2.45) is 0 Å². The van der Waals surface area contributed by atoms with E-state index in [0.29, 0.717) is 21.4 Å². The Morgan fingerprint density at radius 2 is 2.00 bits per heavy atom. The molecule has 1 amide bonds. The highest BCUT2D eigenvalue weighted by Gasteiger charge is 2.20. The number of hydrogen-bond acceptors (Lipinski definition) is 4. The average Bonchev–Trinajstić information content (AvgIpc) is 2.98. The van der Waals surface area contributed by atoms with Crippen LogP contribution in [0.4, 0.5) is 14.9 Å². The molecule has 0 saturated heterocycles. The Morgan fingerprint density at radius 1 is 1.27 bits per heavy atom. The number of benzene rings is 2. The van der Waals surface area contributed by atoms with Crippen LogP contribution < -0.4 is 5.32 Å². The fourth-order valence-electron chi connectivity index (χ4n) is 2.44. The van der Waals surface area contributed by atoms with Crippen molar-refractivity contribution < 1.29 is 18.4 Å². The number of rotatable bonds is 4. The maximum atomic E-state index is 13.8. The first-order valence-electron chi connectivity index (χ1n) is 7.90. The van der Waals surface area contributed by atoms with Crippen LogP contribution in [0.15, 0.2) is 57.5 Å². The number of carbonyl (C=O) groups is 1. The van der Waals surface area contributed by atoms with Crippen molar-refractivity contribution in [1.82, 2.24) is 5.16 Å². The quantitative estimate of drug-likeness (QED) is 0.575. The second-order valence-electron chi connectivity index (χ2n) is 5.68. The first-order valence-corrected chi connectivity index (χ1v) is 8.69. The third-order valence-electron chi connectivity index (χ3n) is 3.82. The zero-order valence-corrected chi connectivity index (χ0v) is 15.7. The fourth-order valence-corrected chi connectivity index (χ4v) is 2.68. The smallest absolute Gasteiger partial charge is 0.412 e. The van der Waals surface area contributed by atoms with Gasteiger partial charge >= 0.3 is 6.09 Å². The van der Waals surface area contributed by atoms with Gasteiger partial charge in [-0.1, -0.05) is 35.5 Å².